The van der Waals surface area contributed by atoms with E-state index in [4.69, 9.17) is 11.6 Å². The Bertz CT molecular complexity index is 1110. The molecule has 0 bridgehead atoms. The number of aryl methyl sites for hydroxylation is 1. The third-order valence-corrected chi connectivity index (χ3v) is 6.29. The van der Waals surface area contributed by atoms with Crippen molar-refractivity contribution in [2.75, 3.05) is 11.9 Å². The highest BCUT2D eigenvalue weighted by Gasteiger charge is 2.14. The number of fused-ring (bicyclic) bond motifs is 3. The van der Waals surface area contributed by atoms with Gasteiger partial charge in [0.15, 0.2) is 0 Å². The van der Waals surface area contributed by atoms with Crippen molar-refractivity contribution in [3.8, 4) is 0 Å². The first-order chi connectivity index (χ1) is 13.4. The molecule has 2 N–H and O–H groups in total. The summed E-state index contributed by atoms with van der Waals surface area (Å²) in [6, 6.07) is 18.3. The van der Waals surface area contributed by atoms with E-state index >= 15 is 0 Å². The summed E-state index contributed by atoms with van der Waals surface area (Å²) < 4.78 is 4.26. The third kappa shape index (κ3) is 3.94. The fourth-order valence-corrected chi connectivity index (χ4v) is 4.36. The topological polar surface area (TPSA) is 37.2 Å². The van der Waals surface area contributed by atoms with Gasteiger partial charge in [-0.3, -0.25) is 0 Å². The molecule has 0 saturated carbocycles. The summed E-state index contributed by atoms with van der Waals surface area (Å²) >= 11 is 13.3. The molecule has 144 valence electrons. The molecule has 4 rings (SSSR count). The fourth-order valence-electron chi connectivity index (χ4n) is 3.46. The Morgan fingerprint density at radius 2 is 1.57 bits per heavy atom. The van der Waals surface area contributed by atoms with Gasteiger partial charge >= 0.3 is 0 Å². The van der Waals surface area contributed by atoms with E-state index in [0.717, 1.165) is 47.0 Å². The molecule has 0 aliphatic carbocycles. The number of anilines is 1. The first-order valence-corrected chi connectivity index (χ1v) is 10.9. The highest BCUT2D eigenvalue weighted by atomic mass is 79.9. The van der Waals surface area contributed by atoms with Crippen LogP contribution in [0.15, 0.2) is 63.5 Å². The maximum atomic E-state index is 10.7. The number of nitrogens with one attached hydrogen (secondary N) is 1. The largest absolute Gasteiger partial charge is 0.389 e. The van der Waals surface area contributed by atoms with Crippen molar-refractivity contribution in [3.63, 3.8) is 0 Å². The molecule has 1 aromatic heterocycles. The number of hydrogen-bond donors (Lipinski definition) is 2. The van der Waals surface area contributed by atoms with E-state index in [0.29, 0.717) is 13.1 Å². The van der Waals surface area contributed by atoms with Crippen molar-refractivity contribution in [3.05, 3.63) is 74.1 Å². The number of aliphatic hydroxyl groups is 1. The van der Waals surface area contributed by atoms with Gasteiger partial charge in [-0.15, -0.1) is 0 Å². The van der Waals surface area contributed by atoms with Gasteiger partial charge in [0.1, 0.15) is 0 Å². The Kier molecular flexibility index (Phi) is 5.70. The van der Waals surface area contributed by atoms with Crippen LogP contribution in [0, 0.1) is 6.92 Å². The number of nitrogens with zero attached hydrogens (tertiary/aromatic N) is 1. The highest BCUT2D eigenvalue weighted by molar-refractivity contribution is 9.10. The number of aliphatic hydroxyl groups excluding tert-OH is 1. The Balaban J connectivity index is 1.62. The van der Waals surface area contributed by atoms with Crippen LogP contribution in [0.1, 0.15) is 5.56 Å². The molecule has 0 fully saturated rings. The summed E-state index contributed by atoms with van der Waals surface area (Å²) in [5.74, 6) is 0. The quantitative estimate of drug-likeness (QED) is 0.304. The lowest BCUT2D eigenvalue weighted by atomic mass is 10.2. The minimum absolute atomic E-state index is 0.438. The van der Waals surface area contributed by atoms with Gasteiger partial charge in [-0.1, -0.05) is 49.5 Å². The molecule has 1 heterocycles. The SMILES string of the molecule is Cc1ccc(NC[C@H](O)Cn2c3ccc(Br)cc3c3cc(Br)ccc32)cc1Cl. The fraction of sp³-hybridized carbons (Fsp3) is 0.182. The van der Waals surface area contributed by atoms with Crippen LogP contribution in [0.3, 0.4) is 0 Å². The second-order valence-electron chi connectivity index (χ2n) is 6.93. The minimum atomic E-state index is -0.550. The minimum Gasteiger partial charge on any atom is -0.389 e. The molecule has 3 nitrogen and oxygen atoms in total. The molecule has 4 aromatic rings. The van der Waals surface area contributed by atoms with Gasteiger partial charge in [-0.25, -0.2) is 0 Å². The summed E-state index contributed by atoms with van der Waals surface area (Å²) in [6.45, 7) is 2.91. The van der Waals surface area contributed by atoms with E-state index in [2.05, 4.69) is 66.0 Å². The van der Waals surface area contributed by atoms with Gasteiger partial charge in [-0.2, -0.15) is 0 Å². The molecule has 0 saturated heterocycles. The number of aromatic nitrogens is 1. The maximum absolute atomic E-state index is 10.7. The zero-order valence-corrected chi connectivity index (χ0v) is 19.1. The van der Waals surface area contributed by atoms with E-state index in [1.54, 1.807) is 0 Å². The lowest BCUT2D eigenvalue weighted by Crippen LogP contribution is -2.24. The van der Waals surface area contributed by atoms with Crippen molar-refractivity contribution in [1.82, 2.24) is 4.57 Å². The van der Waals surface area contributed by atoms with Gasteiger partial charge < -0.3 is 15.0 Å². The summed E-state index contributed by atoms with van der Waals surface area (Å²) in [5.41, 5.74) is 4.16. The average molecular weight is 523 g/mol. The van der Waals surface area contributed by atoms with Gasteiger partial charge in [0.25, 0.3) is 0 Å². The first kappa shape index (κ1) is 19.8. The molecule has 6 heteroatoms. The molecular weight excluding hydrogens is 504 g/mol. The van der Waals surface area contributed by atoms with Crippen LogP contribution >= 0.6 is 43.5 Å². The predicted molar refractivity (Wildman–Crippen MR) is 126 cm³/mol. The summed E-state index contributed by atoms with van der Waals surface area (Å²) in [5, 5.41) is 17.0. The van der Waals surface area contributed by atoms with E-state index in [9.17, 15) is 5.11 Å². The van der Waals surface area contributed by atoms with E-state index in [-0.39, 0.29) is 0 Å². The summed E-state index contributed by atoms with van der Waals surface area (Å²) in [4.78, 5) is 0. The standard InChI is InChI=1S/C22H19Br2ClN2O/c1-13-2-5-16(10-20(13)25)26-11-17(28)12-27-21-6-3-14(23)8-18(21)19-9-15(24)4-7-22(19)27/h2-10,17,26,28H,11-12H2,1H3/t17-/m0/s1. The van der Waals surface area contributed by atoms with Crippen molar-refractivity contribution < 1.29 is 5.11 Å². The predicted octanol–water partition coefficient (Wildman–Crippen LogP) is 6.75. The Hall–Kier alpha value is -1.53. The smallest absolute Gasteiger partial charge is 0.0891 e. The zero-order valence-electron chi connectivity index (χ0n) is 15.2. The van der Waals surface area contributed by atoms with E-state index < -0.39 is 6.10 Å². The molecule has 0 aliphatic rings. The summed E-state index contributed by atoms with van der Waals surface area (Å²) in [7, 11) is 0. The number of rotatable bonds is 5. The van der Waals surface area contributed by atoms with Crippen molar-refractivity contribution in [1.29, 1.82) is 0 Å². The van der Waals surface area contributed by atoms with Crippen LogP contribution in [-0.4, -0.2) is 22.3 Å². The van der Waals surface area contributed by atoms with Gasteiger partial charge in [0.2, 0.25) is 0 Å². The van der Waals surface area contributed by atoms with Gasteiger partial charge in [0.05, 0.1) is 12.6 Å². The second kappa shape index (κ2) is 8.07. The molecule has 0 aliphatic heterocycles. The number of halogens is 3. The Labute approximate surface area is 185 Å². The van der Waals surface area contributed by atoms with Gasteiger partial charge in [-0.05, 0) is 61.0 Å². The van der Waals surface area contributed by atoms with Crippen LogP contribution in [0.4, 0.5) is 5.69 Å². The van der Waals surface area contributed by atoms with Crippen LogP contribution in [-0.2, 0) is 6.54 Å². The molecule has 0 radical (unpaired) electrons. The number of benzene rings is 3. The Morgan fingerprint density at radius 1 is 0.964 bits per heavy atom. The molecule has 1 atom stereocenters. The van der Waals surface area contributed by atoms with Crippen molar-refractivity contribution in [2.24, 2.45) is 0 Å². The summed E-state index contributed by atoms with van der Waals surface area (Å²) in [6.07, 6.45) is -0.550. The van der Waals surface area contributed by atoms with Crippen molar-refractivity contribution >= 4 is 71.0 Å². The van der Waals surface area contributed by atoms with Crippen molar-refractivity contribution in [2.45, 2.75) is 19.6 Å². The number of hydrogen-bond acceptors (Lipinski definition) is 2. The van der Waals surface area contributed by atoms with Gasteiger partial charge in [0, 0.05) is 48.0 Å². The van der Waals surface area contributed by atoms with Crippen LogP contribution in [0.25, 0.3) is 21.8 Å². The lowest BCUT2D eigenvalue weighted by Gasteiger charge is -2.16. The molecular formula is C22H19Br2ClN2O. The maximum Gasteiger partial charge on any atom is 0.0891 e. The molecule has 3 aromatic carbocycles. The van der Waals surface area contributed by atoms with Crippen LogP contribution in [0.5, 0.6) is 0 Å². The van der Waals surface area contributed by atoms with E-state index in [1.807, 2.05) is 37.3 Å². The third-order valence-electron chi connectivity index (χ3n) is 4.90. The molecule has 0 unspecified atom stereocenters. The van der Waals surface area contributed by atoms with E-state index in [1.165, 1.54) is 0 Å². The second-order valence-corrected chi connectivity index (χ2v) is 9.17. The highest BCUT2D eigenvalue weighted by Crippen LogP contribution is 2.33. The monoisotopic (exact) mass is 520 g/mol. The normalized spacial score (nSPS) is 12.6. The van der Waals surface area contributed by atoms with Crippen LogP contribution in [0.2, 0.25) is 5.02 Å². The molecule has 0 spiro atoms. The first-order valence-electron chi connectivity index (χ1n) is 8.97. The molecule has 28 heavy (non-hydrogen) atoms. The van der Waals surface area contributed by atoms with Crippen LogP contribution < -0.4 is 5.32 Å². The molecule has 0 amide bonds. The zero-order chi connectivity index (χ0) is 19.8. The Morgan fingerprint density at radius 3 is 2.14 bits per heavy atom. The lowest BCUT2D eigenvalue weighted by molar-refractivity contribution is 0.169. The average Bonchev–Trinajstić information content (AvgIpc) is 2.95.